The summed E-state index contributed by atoms with van der Waals surface area (Å²) < 4.78 is 158. The molecule has 3 saturated carbocycles. The van der Waals surface area contributed by atoms with Crippen molar-refractivity contribution in [3.05, 3.63) is 88.4 Å². The number of amides is 5. The Morgan fingerprint density at radius 3 is 1.16 bits per heavy atom. The molecule has 3 saturated heterocycles. The van der Waals surface area contributed by atoms with E-state index in [1.54, 1.807) is 13.8 Å². The number of fused-ring (bicyclic) bond motifs is 15. The van der Waals surface area contributed by atoms with E-state index >= 15 is 0 Å². The number of nitrogens with one attached hydrogen (secondary N) is 3. The van der Waals surface area contributed by atoms with Gasteiger partial charge in [0.25, 0.3) is 0 Å². The number of carbonyl (C=O) groups excluding carboxylic acids is 8. The number of aromatic nitrogens is 6. The second kappa shape index (κ2) is 43.5. The van der Waals surface area contributed by atoms with Crippen molar-refractivity contribution >= 4 is 82.1 Å². The summed E-state index contributed by atoms with van der Waals surface area (Å²) in [7, 11) is 0. The van der Waals surface area contributed by atoms with E-state index in [-0.39, 0.29) is 138 Å². The molecule has 9 aliphatic rings. The van der Waals surface area contributed by atoms with Crippen molar-refractivity contribution in [2.75, 3.05) is 26.2 Å². The van der Waals surface area contributed by atoms with E-state index in [9.17, 15) is 77.9 Å². The van der Waals surface area contributed by atoms with Gasteiger partial charge < -0.3 is 73.5 Å². The average Bonchev–Trinajstić information content (AvgIpc) is 1.60. The zero-order valence-electron chi connectivity index (χ0n) is 78.3. The summed E-state index contributed by atoms with van der Waals surface area (Å²) in [4.78, 5) is 136. The first-order valence-corrected chi connectivity index (χ1v) is 46.1. The SMILES string of the molecule is C[C@@H]1[C@@H]2CN(C(=O)[C@H](C(C)(C)C)NC(=O)O[C@]3(C)CCC[C@H]3CCCCCc3nc4ccc(C(F)(F)F)cc4nc3O2)[C@@H]1[C-]=O.C[C@@H]1[C@@H]2CN(C(=O)[C@H](C(C)(C)C)NC(=O)O[C@]3(C)C[C@H]3CCCCCc3nc4ccc(C(F)(F)F)cc4nc3O2)[C@@H]1[C-]=O.C[C@@H]1[C@@H]2CN(C[C@H](C(C)(C)C)NC(=O)O[C@@H]3CCC[C@H]3CCCCCc3nc4ccc(C(F)(F)F)cc4nc3O2)[C@@H]1[C-]=O.[V].[V].[V]. The first-order chi connectivity index (χ1) is 61.5. The number of hydrogen-bond donors (Lipinski definition) is 3. The van der Waals surface area contributed by atoms with Crippen LogP contribution in [-0.2, 0) is 132 Å². The molecule has 3 aromatic carbocycles. The summed E-state index contributed by atoms with van der Waals surface area (Å²) in [5.41, 5.74) is -2.68. The summed E-state index contributed by atoms with van der Waals surface area (Å²) in [5, 5.41) is 8.64. The van der Waals surface area contributed by atoms with E-state index in [1.165, 1.54) is 28.0 Å². The van der Waals surface area contributed by atoms with Crippen molar-refractivity contribution < 1.29 is 162 Å². The molecule has 3 aromatic heterocycles. The molecule has 134 heavy (non-hydrogen) atoms. The quantitative estimate of drug-likeness (QED) is 0.0842. The Morgan fingerprint density at radius 2 is 0.761 bits per heavy atom. The Bertz CT molecular complexity index is 5180. The molecule has 5 amide bonds. The van der Waals surface area contributed by atoms with Gasteiger partial charge in [-0.25, -0.2) is 63.1 Å². The van der Waals surface area contributed by atoms with Crippen LogP contribution in [0.15, 0.2) is 54.6 Å². The van der Waals surface area contributed by atoms with Gasteiger partial charge in [0.15, 0.2) is 0 Å². The van der Waals surface area contributed by atoms with E-state index in [2.05, 4.69) is 47.2 Å². The number of halogens is 9. The Kier molecular flexibility index (Phi) is 35.1. The minimum Gasteiger partial charge on any atom is -0.540 e. The topological polar surface area (TPSA) is 315 Å². The average molecular weight is 1990 g/mol. The van der Waals surface area contributed by atoms with Gasteiger partial charge in [-0.2, -0.15) is 39.5 Å². The maximum Gasteiger partial charge on any atom is 0.416 e. The van der Waals surface area contributed by atoms with Crippen LogP contribution in [0.1, 0.15) is 253 Å². The molecule has 6 bridgehead atoms. The molecule has 3 aliphatic carbocycles. The van der Waals surface area contributed by atoms with Crippen LogP contribution in [0.5, 0.6) is 17.6 Å². The molecule has 19 atom stereocenters. The van der Waals surface area contributed by atoms with Gasteiger partial charge in [-0.3, -0.25) is 9.59 Å². The largest absolute Gasteiger partial charge is 0.540 e. The maximum absolute atomic E-state index is 14.0. The van der Waals surface area contributed by atoms with Crippen LogP contribution in [0.2, 0.25) is 0 Å². The normalized spacial score (nSPS) is 30.1. The van der Waals surface area contributed by atoms with Crippen molar-refractivity contribution in [2.45, 2.75) is 329 Å². The van der Waals surface area contributed by atoms with E-state index in [1.807, 2.05) is 101 Å². The van der Waals surface area contributed by atoms with Crippen LogP contribution >= 0.6 is 0 Å². The molecule has 1 unspecified atom stereocenters. The van der Waals surface area contributed by atoms with Gasteiger partial charge in [0.05, 0.1) is 62.9 Å². The Hall–Kier alpha value is -8.08. The van der Waals surface area contributed by atoms with Gasteiger partial charge in [-0.15, -0.1) is 0 Å². The van der Waals surface area contributed by atoms with Crippen molar-refractivity contribution in [1.82, 2.24) is 60.6 Å². The van der Waals surface area contributed by atoms with Gasteiger partial charge in [-0.05, 0) is 217 Å². The van der Waals surface area contributed by atoms with Crippen LogP contribution < -0.4 is 30.2 Å². The monoisotopic (exact) mass is 1990 g/mol. The molecular formula is C96H122F9N12O14V3-3. The number of aryl methyl sites for hydroxylation is 3. The molecular weight excluding hydrogens is 1870 g/mol. The van der Waals surface area contributed by atoms with E-state index in [4.69, 9.17) is 33.4 Å². The van der Waals surface area contributed by atoms with Gasteiger partial charge in [0.1, 0.15) is 64.8 Å². The third-order valence-electron chi connectivity index (χ3n) is 28.2. The number of ether oxygens (including phenoxy) is 6. The number of hydrogen-bond acceptors (Lipinski definition) is 21. The summed E-state index contributed by atoms with van der Waals surface area (Å²) in [6, 6.07) is 5.00. The number of nitrogens with zero attached hydrogens (tertiary/aromatic N) is 9. The molecule has 6 aromatic rings. The summed E-state index contributed by atoms with van der Waals surface area (Å²) in [6.07, 6.45) is 6.82. The predicted octanol–water partition coefficient (Wildman–Crippen LogP) is 17.8. The fraction of sp³-hybridized carbons (Fsp3) is 0.667. The maximum atomic E-state index is 14.0. The van der Waals surface area contributed by atoms with Crippen molar-refractivity contribution in [1.29, 1.82) is 0 Å². The van der Waals surface area contributed by atoms with Crippen LogP contribution in [-0.4, -0.2) is 192 Å². The third kappa shape index (κ3) is 25.5. The van der Waals surface area contributed by atoms with Gasteiger partial charge in [0.2, 0.25) is 29.5 Å². The van der Waals surface area contributed by atoms with E-state index < -0.39 is 148 Å². The third-order valence-corrected chi connectivity index (χ3v) is 28.2. The minimum absolute atomic E-state index is 0. The molecule has 38 heteroatoms. The summed E-state index contributed by atoms with van der Waals surface area (Å²) in [5.74, 6) is -1.19. The Labute approximate surface area is 812 Å². The Balaban J connectivity index is 0.000000206. The van der Waals surface area contributed by atoms with Gasteiger partial charge in [0, 0.05) is 80.7 Å². The summed E-state index contributed by atoms with van der Waals surface area (Å²) >= 11 is 0. The van der Waals surface area contributed by atoms with E-state index in [0.29, 0.717) is 71.9 Å². The summed E-state index contributed by atoms with van der Waals surface area (Å²) in [6.45, 7) is 26.9. The zero-order chi connectivity index (χ0) is 95.0. The number of alkyl carbamates (subject to hydrolysis) is 3. The molecule has 3 N–H and O–H groups in total. The van der Waals surface area contributed by atoms with Gasteiger partial charge >= 0.3 is 36.8 Å². The molecule has 0 spiro atoms. The molecule has 6 fully saturated rings. The standard InChI is InChI=1S/C33H42F3N4O5.C32H42F3N4O4.C31H38F3N4O5.3V/c1-19-25(18-41)40-17-26(19)44-28-23(37-22-14-13-21(33(34,35)36)16-24(22)38-28)12-8-6-7-10-20-11-9-15-32(20,5)45-30(43)39-27(29(40)42)31(2,3)4;1-19-25(18-40)39-16-27(19)42-29-23(36-22-14-13-21(32(33,34)35)15-24(22)37-29)11-7-5-6-9-20-10-8-12-26(20)43-30(41)38-28(17-39)31(2,3)4;1-17-23(16-39)38-15-24(17)42-26-21(35-20-12-11-18(31(32,33)34)13-22(20)36-26)10-8-6-7-9-19-14-30(19,5)43-28(41)37-25(27(38)40)29(2,3)4;;;/h13-14,16,19-20,25-27H,6-12,15,17H2,1-5H3,(H,39,43);13-15,19-20,25-28H,5-12,16-17H2,1-4H3,(H,38,41);11-13,17,19,23-25H,6-10,14-15H2,1-5H3,(H,37,41);;;/q3*-1;;;/t19-,20+,25+,26-,27+,32+;19-,20+,25+,26+,27-,28+;17-,19+,23+,24-,25+,30+;;;/m000.../s1. The minimum atomic E-state index is -4.55. The molecule has 6 aliphatic heterocycles. The first-order valence-electron chi connectivity index (χ1n) is 46.1. The number of benzene rings is 3. The van der Waals surface area contributed by atoms with Gasteiger partial charge in [-0.1, -0.05) is 140 Å². The molecule has 15 rings (SSSR count). The molecule has 3 radical (unpaired) electrons. The predicted molar refractivity (Wildman–Crippen MR) is 466 cm³/mol. The molecule has 9 heterocycles. The second-order valence-corrected chi connectivity index (χ2v) is 41.0. The number of carbonyl (C=O) groups is 5. The molecule has 731 valence electrons. The van der Waals surface area contributed by atoms with E-state index in [0.717, 1.165) is 158 Å². The smallest absolute Gasteiger partial charge is 0.416 e. The van der Waals surface area contributed by atoms with Crippen LogP contribution in [0.4, 0.5) is 53.9 Å². The fourth-order valence-electron chi connectivity index (χ4n) is 19.8. The Morgan fingerprint density at radius 1 is 0.388 bits per heavy atom. The van der Waals surface area contributed by atoms with Crippen LogP contribution in [0.25, 0.3) is 33.1 Å². The molecule has 26 nitrogen and oxygen atoms in total. The number of rotatable bonds is 3. The fourth-order valence-corrected chi connectivity index (χ4v) is 19.8. The van der Waals surface area contributed by atoms with Crippen LogP contribution in [0.3, 0.4) is 0 Å². The first kappa shape index (κ1) is 108. The van der Waals surface area contributed by atoms with Crippen molar-refractivity contribution in [3.63, 3.8) is 0 Å². The van der Waals surface area contributed by atoms with Crippen molar-refractivity contribution in [3.8, 4) is 17.6 Å². The second-order valence-electron chi connectivity index (χ2n) is 41.0. The number of alkyl halides is 9. The zero-order valence-corrected chi connectivity index (χ0v) is 82.5. The van der Waals surface area contributed by atoms with Crippen molar-refractivity contribution in [2.24, 2.45) is 51.8 Å². The van der Waals surface area contributed by atoms with Crippen LogP contribution in [0, 0.1) is 51.8 Å².